The van der Waals surface area contributed by atoms with Crippen molar-refractivity contribution in [2.75, 3.05) is 13.7 Å². The lowest BCUT2D eigenvalue weighted by atomic mass is 10.0. The Morgan fingerprint density at radius 2 is 1.70 bits per heavy atom. The molecule has 2 saturated carbocycles. The second-order valence-electron chi connectivity index (χ2n) is 15.3. The normalized spacial score (nSPS) is 20.2. The number of hydrogen-bond acceptors (Lipinski definition) is 11. The monoisotopic (exact) mass is 773 g/mol. The van der Waals surface area contributed by atoms with Gasteiger partial charge in [0.25, 0.3) is 5.91 Å². The summed E-state index contributed by atoms with van der Waals surface area (Å²) in [5.74, 6) is -1.46. The van der Waals surface area contributed by atoms with Gasteiger partial charge in [-0.15, -0.1) is 0 Å². The van der Waals surface area contributed by atoms with Gasteiger partial charge in [0.1, 0.15) is 23.8 Å². The van der Waals surface area contributed by atoms with E-state index in [0.29, 0.717) is 30.7 Å². The number of fused-ring (bicyclic) bond motifs is 1. The lowest BCUT2D eigenvalue weighted by Gasteiger charge is -2.29. The summed E-state index contributed by atoms with van der Waals surface area (Å²) in [6, 6.07) is 1.24. The molecule has 54 heavy (non-hydrogen) atoms. The highest BCUT2D eigenvalue weighted by Crippen LogP contribution is 2.31. The number of urea groups is 1. The highest BCUT2D eigenvalue weighted by atomic mass is 32.2. The molecule has 2 aliphatic carbocycles. The number of hydrogen-bond donors (Lipinski definition) is 3. The number of carbonyl (C=O) groups is 6. The van der Waals surface area contributed by atoms with Gasteiger partial charge >= 0.3 is 24.2 Å². The average Bonchev–Trinajstić information content (AvgIpc) is 4.03. The van der Waals surface area contributed by atoms with E-state index in [0.717, 1.165) is 35.3 Å². The molecule has 5 rings (SSSR count). The zero-order chi connectivity index (χ0) is 39.2. The Balaban J connectivity index is 1.28. The number of rotatable bonds is 14. The third-order valence-electron chi connectivity index (χ3n) is 9.54. The summed E-state index contributed by atoms with van der Waals surface area (Å²) in [4.78, 5) is 81.3. The molecule has 3 fully saturated rings. The van der Waals surface area contributed by atoms with Crippen LogP contribution in [0.1, 0.15) is 106 Å². The van der Waals surface area contributed by atoms with Crippen LogP contribution in [0, 0.1) is 5.92 Å². The number of ether oxygens (including phenoxy) is 3. The van der Waals surface area contributed by atoms with E-state index in [2.05, 4.69) is 17.5 Å². The first kappa shape index (κ1) is 40.5. The first-order chi connectivity index (χ1) is 25.5. The molecule has 0 bridgehead atoms. The Bertz CT molecular complexity index is 1750. The van der Waals surface area contributed by atoms with Crippen LogP contribution in [0.15, 0.2) is 30.4 Å². The number of nitrogens with one attached hydrogen (secondary N) is 3. The molecule has 3 atom stereocenters. The van der Waals surface area contributed by atoms with E-state index in [1.165, 1.54) is 24.9 Å². The maximum absolute atomic E-state index is 14.2. The van der Waals surface area contributed by atoms with Crippen molar-refractivity contribution >= 4 is 46.0 Å². The van der Waals surface area contributed by atoms with Crippen LogP contribution < -0.4 is 15.4 Å². The van der Waals surface area contributed by atoms with Crippen LogP contribution in [0.2, 0.25) is 0 Å². The van der Waals surface area contributed by atoms with E-state index in [-0.39, 0.29) is 32.5 Å². The number of sulfonamides is 1. The summed E-state index contributed by atoms with van der Waals surface area (Å²) >= 11 is 0. The Hall–Kier alpha value is -4.67. The molecular weight excluding hydrogens is 722 g/mol. The average molecular weight is 774 g/mol. The SMILES string of the molecule is COC(=O)c1ccc2c(c1)CN(C(=O)O[C@@H]1C[C@@H](C(=O)NC(=O)NS(=O)(=O)C3CC3)N(C(=O)[C@H](CCCCC/C=C\C3CC3)NC(=O)OC(C)(C)C)C1)C2. The fourth-order valence-corrected chi connectivity index (χ4v) is 7.68. The van der Waals surface area contributed by atoms with Gasteiger partial charge in [0, 0.05) is 19.5 Å². The molecule has 0 aromatic heterocycles. The molecule has 0 unspecified atom stereocenters. The van der Waals surface area contributed by atoms with Gasteiger partial charge in [-0.3, -0.25) is 19.8 Å². The van der Waals surface area contributed by atoms with E-state index in [1.807, 2.05) is 10.0 Å². The van der Waals surface area contributed by atoms with Crippen molar-refractivity contribution in [3.8, 4) is 0 Å². The van der Waals surface area contributed by atoms with Crippen LogP contribution >= 0.6 is 0 Å². The highest BCUT2D eigenvalue weighted by Gasteiger charge is 2.45. The van der Waals surface area contributed by atoms with Gasteiger partial charge in [-0.05, 0) is 94.9 Å². The van der Waals surface area contributed by atoms with E-state index in [9.17, 15) is 37.2 Å². The lowest BCUT2D eigenvalue weighted by Crippen LogP contribution is -2.55. The van der Waals surface area contributed by atoms with Crippen molar-refractivity contribution in [1.82, 2.24) is 25.2 Å². The summed E-state index contributed by atoms with van der Waals surface area (Å²) < 4.78 is 42.6. The van der Waals surface area contributed by atoms with Crippen molar-refractivity contribution in [3.63, 3.8) is 0 Å². The Morgan fingerprint density at radius 1 is 0.981 bits per heavy atom. The maximum Gasteiger partial charge on any atom is 0.410 e. The van der Waals surface area contributed by atoms with E-state index in [4.69, 9.17) is 14.2 Å². The van der Waals surface area contributed by atoms with Gasteiger partial charge < -0.3 is 24.4 Å². The summed E-state index contributed by atoms with van der Waals surface area (Å²) in [7, 11) is -2.70. The molecule has 4 aliphatic rings. The summed E-state index contributed by atoms with van der Waals surface area (Å²) in [5, 5.41) is 3.96. The van der Waals surface area contributed by atoms with Gasteiger partial charge in [0.2, 0.25) is 15.9 Å². The summed E-state index contributed by atoms with van der Waals surface area (Å²) in [6.45, 7) is 5.16. The Kier molecular flexibility index (Phi) is 12.9. The van der Waals surface area contributed by atoms with Crippen molar-refractivity contribution in [1.29, 1.82) is 0 Å². The number of imide groups is 1. The predicted octanol–water partition coefficient (Wildman–Crippen LogP) is 4.02. The Morgan fingerprint density at radius 3 is 2.37 bits per heavy atom. The van der Waals surface area contributed by atoms with Gasteiger partial charge in [-0.1, -0.05) is 31.1 Å². The standard InChI is InChI=1S/C37H51N5O11S/c1-37(2,3)53-35(47)38-29(11-9-7-5-6-8-10-23-12-13-23)32(44)42-22-27(19-30(42)31(43)39-34(46)40-54(49,50)28-16-17-28)52-36(48)41-20-25-15-14-24(33(45)51-4)18-26(25)21-41/h8,10,14-15,18,23,27-30H,5-7,9,11-13,16-17,19-22H2,1-4H3,(H,38,47)(H2,39,40,43,46)/b10-8-/t27-,29+,30+/m1/s1. The van der Waals surface area contributed by atoms with E-state index in [1.54, 1.807) is 39.0 Å². The van der Waals surface area contributed by atoms with E-state index < -0.39 is 75.1 Å². The molecule has 296 valence electrons. The number of nitrogens with zero attached hydrogens (tertiary/aromatic N) is 2. The minimum Gasteiger partial charge on any atom is -0.465 e. The van der Waals surface area contributed by atoms with Crippen molar-refractivity contribution in [2.45, 2.75) is 127 Å². The second kappa shape index (κ2) is 17.2. The fraction of sp³-hybridized carbons (Fsp3) is 0.622. The molecule has 3 N–H and O–H groups in total. The number of allylic oxidation sites excluding steroid dienone is 2. The first-order valence-electron chi connectivity index (χ1n) is 18.5. The smallest absolute Gasteiger partial charge is 0.410 e. The third kappa shape index (κ3) is 11.4. The Labute approximate surface area is 315 Å². The van der Waals surface area contributed by atoms with Crippen molar-refractivity contribution in [2.24, 2.45) is 5.92 Å². The molecule has 0 spiro atoms. The number of benzene rings is 1. The molecule has 2 aliphatic heterocycles. The minimum atomic E-state index is -3.98. The van der Waals surface area contributed by atoms with Crippen LogP contribution in [-0.2, 0) is 46.9 Å². The zero-order valence-electron chi connectivity index (χ0n) is 31.3. The maximum atomic E-state index is 14.2. The molecule has 6 amide bonds. The topological polar surface area (TPSA) is 207 Å². The van der Waals surface area contributed by atoms with Gasteiger partial charge in [-0.2, -0.15) is 0 Å². The number of amides is 6. The molecule has 2 heterocycles. The molecule has 16 nitrogen and oxygen atoms in total. The highest BCUT2D eigenvalue weighted by molar-refractivity contribution is 7.90. The number of carbonyl (C=O) groups excluding carboxylic acids is 6. The zero-order valence-corrected chi connectivity index (χ0v) is 32.1. The molecule has 1 aromatic rings. The predicted molar refractivity (Wildman–Crippen MR) is 194 cm³/mol. The lowest BCUT2D eigenvalue weighted by molar-refractivity contribution is -0.140. The van der Waals surface area contributed by atoms with Gasteiger partial charge in [-0.25, -0.2) is 32.3 Å². The molecular formula is C37H51N5O11S. The number of unbranched alkanes of at least 4 members (excludes halogenated alkanes) is 3. The summed E-state index contributed by atoms with van der Waals surface area (Å²) in [6.07, 6.45) is 8.22. The van der Waals surface area contributed by atoms with Crippen LogP contribution in [0.25, 0.3) is 0 Å². The summed E-state index contributed by atoms with van der Waals surface area (Å²) in [5.41, 5.74) is 1.02. The van der Waals surface area contributed by atoms with Crippen molar-refractivity contribution < 1.29 is 51.4 Å². The molecule has 1 aromatic carbocycles. The van der Waals surface area contributed by atoms with Crippen LogP contribution in [0.4, 0.5) is 14.4 Å². The number of methoxy groups -OCH3 is 1. The molecule has 0 radical (unpaired) electrons. The molecule has 1 saturated heterocycles. The fourth-order valence-electron chi connectivity index (χ4n) is 6.44. The number of likely N-dealkylation sites (tertiary alicyclic amines) is 1. The van der Waals surface area contributed by atoms with Gasteiger partial charge in [0.05, 0.1) is 24.5 Å². The number of esters is 1. The third-order valence-corrected chi connectivity index (χ3v) is 11.4. The number of alkyl carbamates (subject to hydrolysis) is 1. The second-order valence-corrected chi connectivity index (χ2v) is 17.3. The minimum absolute atomic E-state index is 0.145. The van der Waals surface area contributed by atoms with Crippen LogP contribution in [0.5, 0.6) is 0 Å². The van der Waals surface area contributed by atoms with Gasteiger partial charge in [0.15, 0.2) is 0 Å². The molecule has 17 heteroatoms. The van der Waals surface area contributed by atoms with Crippen LogP contribution in [0.3, 0.4) is 0 Å². The first-order valence-corrected chi connectivity index (χ1v) is 20.1. The quantitative estimate of drug-likeness (QED) is 0.107. The van der Waals surface area contributed by atoms with E-state index >= 15 is 0 Å². The largest absolute Gasteiger partial charge is 0.465 e. The van der Waals surface area contributed by atoms with Crippen LogP contribution in [-0.4, -0.2) is 96.9 Å². The van der Waals surface area contributed by atoms with Crippen molar-refractivity contribution in [3.05, 3.63) is 47.0 Å².